The lowest BCUT2D eigenvalue weighted by molar-refractivity contribution is -0.124. The Morgan fingerprint density at radius 1 is 1.03 bits per heavy atom. The van der Waals surface area contributed by atoms with Gasteiger partial charge in [0, 0.05) is 51.2 Å². The van der Waals surface area contributed by atoms with Crippen LogP contribution in [0.5, 0.6) is 0 Å². The van der Waals surface area contributed by atoms with E-state index in [0.29, 0.717) is 5.56 Å². The fourth-order valence-electron chi connectivity index (χ4n) is 3.87. The lowest BCUT2D eigenvalue weighted by Gasteiger charge is -2.32. The molecular weight excluding hydrogens is 452 g/mol. The molecule has 0 aliphatic carbocycles. The van der Waals surface area contributed by atoms with Crippen molar-refractivity contribution in [2.75, 3.05) is 33.2 Å². The smallest absolute Gasteiger partial charge is 0.267 e. The maximum Gasteiger partial charge on any atom is 0.267 e. The molecule has 8 nitrogen and oxygen atoms in total. The van der Waals surface area contributed by atoms with Gasteiger partial charge in [0.1, 0.15) is 0 Å². The van der Waals surface area contributed by atoms with Crippen LogP contribution in [-0.2, 0) is 21.4 Å². The van der Waals surface area contributed by atoms with E-state index in [-0.39, 0.29) is 4.90 Å². The van der Waals surface area contributed by atoms with Crippen molar-refractivity contribution in [1.29, 1.82) is 0 Å². The quantitative estimate of drug-likeness (QED) is 0.307. The number of hydroxylamine groups is 1. The number of aromatic nitrogens is 1. The number of hydrogen-bond donors (Lipinski definition) is 2. The predicted octanol–water partition coefficient (Wildman–Crippen LogP) is 2.66. The summed E-state index contributed by atoms with van der Waals surface area (Å²) in [6.45, 7) is 5.19. The molecular formula is C25H28N4O4S. The summed E-state index contributed by atoms with van der Waals surface area (Å²) in [5.74, 6) is -0.696. The SMILES string of the molecule is CN1CCN(Cc2ccc(-c3cccc(S(=O)(=O)n4ccc(/C=C/C(=O)NO)c4)c3)cc2)CC1. The standard InChI is InChI=1S/C25H28N4O4S/c1-27-13-15-28(16-14-27)18-20-5-8-22(9-6-20)23-3-2-4-24(17-23)34(32,33)29-12-11-21(19-29)7-10-25(30)26-31/h2-12,17,19,31H,13-16,18H2,1H3,(H,26,30)/b10-7+. The van der Waals surface area contributed by atoms with E-state index in [1.54, 1.807) is 24.3 Å². The molecule has 2 aromatic carbocycles. The van der Waals surface area contributed by atoms with Crippen molar-refractivity contribution in [3.8, 4) is 11.1 Å². The summed E-state index contributed by atoms with van der Waals surface area (Å²) >= 11 is 0. The van der Waals surface area contributed by atoms with Crippen molar-refractivity contribution in [3.63, 3.8) is 0 Å². The molecule has 0 atom stereocenters. The summed E-state index contributed by atoms with van der Waals surface area (Å²) in [5, 5.41) is 8.56. The van der Waals surface area contributed by atoms with Crippen LogP contribution in [0.3, 0.4) is 0 Å². The van der Waals surface area contributed by atoms with E-state index in [0.717, 1.165) is 53.9 Å². The Hall–Kier alpha value is -3.24. The van der Waals surface area contributed by atoms with Gasteiger partial charge in [-0.1, -0.05) is 36.4 Å². The van der Waals surface area contributed by atoms with Gasteiger partial charge in [0.25, 0.3) is 15.9 Å². The van der Waals surface area contributed by atoms with Gasteiger partial charge in [-0.3, -0.25) is 14.9 Å². The van der Waals surface area contributed by atoms with Crippen LogP contribution >= 0.6 is 0 Å². The predicted molar refractivity (Wildman–Crippen MR) is 131 cm³/mol. The van der Waals surface area contributed by atoms with Crippen LogP contribution in [0.25, 0.3) is 17.2 Å². The Bertz CT molecular complexity index is 1270. The van der Waals surface area contributed by atoms with Crippen LogP contribution in [-0.4, -0.2) is 66.5 Å². The number of benzene rings is 2. The number of carbonyl (C=O) groups excluding carboxylic acids is 1. The third kappa shape index (κ3) is 5.63. The molecule has 0 saturated carbocycles. The van der Waals surface area contributed by atoms with Gasteiger partial charge in [-0.05, 0) is 53.6 Å². The van der Waals surface area contributed by atoms with Gasteiger partial charge in [0.2, 0.25) is 0 Å². The Balaban J connectivity index is 1.50. The second-order valence-electron chi connectivity index (χ2n) is 8.39. The highest BCUT2D eigenvalue weighted by atomic mass is 32.2. The fourth-order valence-corrected chi connectivity index (χ4v) is 5.13. The fraction of sp³-hybridized carbons (Fsp3) is 0.240. The molecule has 0 unspecified atom stereocenters. The minimum absolute atomic E-state index is 0.172. The first-order valence-corrected chi connectivity index (χ1v) is 12.5. The van der Waals surface area contributed by atoms with E-state index < -0.39 is 15.9 Å². The summed E-state index contributed by atoms with van der Waals surface area (Å²) in [6, 6.07) is 16.7. The molecule has 2 heterocycles. The summed E-state index contributed by atoms with van der Waals surface area (Å²) in [7, 11) is -1.66. The van der Waals surface area contributed by atoms with E-state index in [2.05, 4.69) is 29.0 Å². The number of rotatable bonds is 7. The summed E-state index contributed by atoms with van der Waals surface area (Å²) in [6.07, 6.45) is 5.36. The number of likely N-dealkylation sites (N-methyl/N-ethyl adjacent to an activating group) is 1. The Kier molecular flexibility index (Phi) is 7.28. The molecule has 3 aromatic rings. The maximum absolute atomic E-state index is 13.1. The van der Waals surface area contributed by atoms with Crippen LogP contribution in [0.4, 0.5) is 0 Å². The van der Waals surface area contributed by atoms with Gasteiger partial charge in [0.05, 0.1) is 4.90 Å². The first-order chi connectivity index (χ1) is 16.3. The van der Waals surface area contributed by atoms with E-state index in [1.165, 1.54) is 29.5 Å². The van der Waals surface area contributed by atoms with Gasteiger partial charge in [0.15, 0.2) is 0 Å². The molecule has 1 aliphatic heterocycles. The molecule has 0 spiro atoms. The second kappa shape index (κ2) is 10.4. The zero-order valence-corrected chi connectivity index (χ0v) is 19.8. The highest BCUT2D eigenvalue weighted by Gasteiger charge is 2.18. The Labute approximate surface area is 199 Å². The van der Waals surface area contributed by atoms with E-state index in [9.17, 15) is 13.2 Å². The van der Waals surface area contributed by atoms with Crippen molar-refractivity contribution in [3.05, 3.63) is 84.2 Å². The topological polar surface area (TPSA) is 94.9 Å². The molecule has 1 aromatic heterocycles. The zero-order chi connectivity index (χ0) is 24.1. The number of nitrogens with one attached hydrogen (secondary N) is 1. The summed E-state index contributed by atoms with van der Waals surface area (Å²) in [5.41, 5.74) is 5.01. The van der Waals surface area contributed by atoms with Crippen molar-refractivity contribution < 1.29 is 18.4 Å². The van der Waals surface area contributed by atoms with Crippen LogP contribution in [0, 0.1) is 0 Å². The first kappa shape index (κ1) is 23.9. The average molecular weight is 481 g/mol. The Morgan fingerprint density at radius 3 is 2.47 bits per heavy atom. The minimum atomic E-state index is -3.80. The Morgan fingerprint density at radius 2 is 1.76 bits per heavy atom. The van der Waals surface area contributed by atoms with Crippen LogP contribution in [0.2, 0.25) is 0 Å². The molecule has 9 heteroatoms. The number of nitrogens with zero attached hydrogens (tertiary/aromatic N) is 3. The van der Waals surface area contributed by atoms with Gasteiger partial charge < -0.3 is 4.90 Å². The molecule has 0 radical (unpaired) electrons. The third-order valence-electron chi connectivity index (χ3n) is 5.93. The molecule has 1 aliphatic rings. The van der Waals surface area contributed by atoms with E-state index in [4.69, 9.17) is 5.21 Å². The molecule has 178 valence electrons. The second-order valence-corrected chi connectivity index (χ2v) is 10.2. The van der Waals surface area contributed by atoms with Crippen molar-refractivity contribution >= 4 is 22.0 Å². The number of amides is 1. The van der Waals surface area contributed by atoms with Gasteiger partial charge in [-0.25, -0.2) is 17.9 Å². The minimum Gasteiger partial charge on any atom is -0.304 e. The number of piperazine rings is 1. The maximum atomic E-state index is 13.1. The first-order valence-electron chi connectivity index (χ1n) is 11.0. The number of carbonyl (C=O) groups is 1. The van der Waals surface area contributed by atoms with E-state index in [1.807, 2.05) is 18.2 Å². The van der Waals surface area contributed by atoms with Crippen LogP contribution in [0.1, 0.15) is 11.1 Å². The lowest BCUT2D eigenvalue weighted by atomic mass is 10.0. The normalized spacial score (nSPS) is 15.6. The molecule has 2 N–H and O–H groups in total. The highest BCUT2D eigenvalue weighted by Crippen LogP contribution is 2.25. The largest absolute Gasteiger partial charge is 0.304 e. The van der Waals surface area contributed by atoms with Crippen molar-refractivity contribution in [2.24, 2.45) is 0 Å². The molecule has 1 saturated heterocycles. The van der Waals surface area contributed by atoms with Crippen LogP contribution in [0.15, 0.2) is 78.0 Å². The van der Waals surface area contributed by atoms with Crippen molar-refractivity contribution in [1.82, 2.24) is 19.3 Å². The van der Waals surface area contributed by atoms with Gasteiger partial charge in [-0.2, -0.15) is 0 Å². The lowest BCUT2D eigenvalue weighted by Crippen LogP contribution is -2.43. The van der Waals surface area contributed by atoms with Crippen LogP contribution < -0.4 is 5.48 Å². The molecule has 1 amide bonds. The summed E-state index contributed by atoms with van der Waals surface area (Å²) in [4.78, 5) is 16.1. The average Bonchev–Trinajstić information content (AvgIpc) is 3.34. The monoisotopic (exact) mass is 480 g/mol. The molecule has 34 heavy (non-hydrogen) atoms. The molecule has 1 fully saturated rings. The van der Waals surface area contributed by atoms with E-state index >= 15 is 0 Å². The van der Waals surface area contributed by atoms with Crippen molar-refractivity contribution in [2.45, 2.75) is 11.4 Å². The highest BCUT2D eigenvalue weighted by molar-refractivity contribution is 7.90. The third-order valence-corrected chi connectivity index (χ3v) is 7.56. The number of hydrogen-bond acceptors (Lipinski definition) is 6. The summed E-state index contributed by atoms with van der Waals surface area (Å²) < 4.78 is 27.4. The van der Waals surface area contributed by atoms with Gasteiger partial charge in [-0.15, -0.1) is 0 Å². The molecule has 0 bridgehead atoms. The molecule has 4 rings (SSSR count). The van der Waals surface area contributed by atoms with Gasteiger partial charge >= 0.3 is 0 Å². The zero-order valence-electron chi connectivity index (χ0n) is 19.0.